The monoisotopic (exact) mass is 356 g/mol. The predicted molar refractivity (Wildman–Crippen MR) is 94.7 cm³/mol. The Hall–Kier alpha value is -2.28. The Morgan fingerprint density at radius 2 is 1.92 bits per heavy atom. The molecule has 1 aliphatic heterocycles. The number of carbonyl (C=O) groups is 2. The van der Waals surface area contributed by atoms with Crippen molar-refractivity contribution < 1.29 is 9.59 Å². The van der Waals surface area contributed by atoms with Crippen molar-refractivity contribution in [1.82, 2.24) is 19.8 Å². The highest BCUT2D eigenvalue weighted by atomic mass is 32.1. The summed E-state index contributed by atoms with van der Waals surface area (Å²) in [7, 11) is 0. The van der Waals surface area contributed by atoms with Gasteiger partial charge in [-0.05, 0) is 24.5 Å². The molecule has 3 heterocycles. The maximum absolute atomic E-state index is 12.5. The van der Waals surface area contributed by atoms with Crippen molar-refractivity contribution in [3.8, 4) is 10.7 Å². The van der Waals surface area contributed by atoms with Crippen LogP contribution in [0.15, 0.2) is 29.9 Å². The molecule has 0 unspecified atom stereocenters. The van der Waals surface area contributed by atoms with Crippen molar-refractivity contribution in [2.45, 2.75) is 38.3 Å². The quantitative estimate of drug-likeness (QED) is 0.789. The average molecular weight is 356 g/mol. The van der Waals surface area contributed by atoms with Gasteiger partial charge in [-0.1, -0.05) is 18.9 Å². The fourth-order valence-electron chi connectivity index (χ4n) is 3.62. The van der Waals surface area contributed by atoms with Gasteiger partial charge in [0.15, 0.2) is 0 Å². The van der Waals surface area contributed by atoms with Crippen molar-refractivity contribution in [2.24, 2.45) is 0 Å². The standard InChI is InChI=1S/C18H20N4O2S/c23-17-18(24)22(14-3-1-2-4-14)9-8-21(17)12-13-5-6-15(20-11-13)16-19-7-10-25-16/h5-7,10-11,14H,1-4,8-9,12H2. The van der Waals surface area contributed by atoms with Gasteiger partial charge in [-0.3, -0.25) is 14.6 Å². The van der Waals surface area contributed by atoms with E-state index in [1.807, 2.05) is 17.5 Å². The molecule has 25 heavy (non-hydrogen) atoms. The van der Waals surface area contributed by atoms with E-state index in [1.165, 1.54) is 0 Å². The van der Waals surface area contributed by atoms with Crippen molar-refractivity contribution in [2.75, 3.05) is 13.1 Å². The summed E-state index contributed by atoms with van der Waals surface area (Å²) in [6.07, 6.45) is 7.89. The van der Waals surface area contributed by atoms with Gasteiger partial charge in [-0.2, -0.15) is 0 Å². The maximum atomic E-state index is 12.5. The number of amides is 2. The van der Waals surface area contributed by atoms with Crippen molar-refractivity contribution in [3.05, 3.63) is 35.5 Å². The molecule has 2 aliphatic rings. The number of rotatable bonds is 4. The highest BCUT2D eigenvalue weighted by Crippen LogP contribution is 2.25. The topological polar surface area (TPSA) is 66.4 Å². The first-order valence-corrected chi connectivity index (χ1v) is 9.55. The smallest absolute Gasteiger partial charge is 0.312 e. The first-order valence-electron chi connectivity index (χ1n) is 8.67. The zero-order valence-electron chi connectivity index (χ0n) is 13.9. The Morgan fingerprint density at radius 1 is 1.08 bits per heavy atom. The van der Waals surface area contributed by atoms with E-state index in [-0.39, 0.29) is 17.9 Å². The normalized spacial score (nSPS) is 19.0. The molecular formula is C18H20N4O2S. The molecule has 6 nitrogen and oxygen atoms in total. The second-order valence-electron chi connectivity index (χ2n) is 6.55. The maximum Gasteiger partial charge on any atom is 0.312 e. The van der Waals surface area contributed by atoms with Crippen LogP contribution < -0.4 is 0 Å². The summed E-state index contributed by atoms with van der Waals surface area (Å²) in [4.78, 5) is 37.0. The molecule has 2 amide bonds. The summed E-state index contributed by atoms with van der Waals surface area (Å²) < 4.78 is 0. The van der Waals surface area contributed by atoms with Gasteiger partial charge in [0.2, 0.25) is 0 Å². The third-order valence-electron chi connectivity index (χ3n) is 4.96. The fourth-order valence-corrected chi connectivity index (χ4v) is 4.23. The molecule has 4 rings (SSSR count). The van der Waals surface area contributed by atoms with E-state index in [0.29, 0.717) is 19.6 Å². The third-order valence-corrected chi connectivity index (χ3v) is 5.75. The number of pyridine rings is 1. The van der Waals surface area contributed by atoms with E-state index in [0.717, 1.165) is 41.9 Å². The highest BCUT2D eigenvalue weighted by Gasteiger charge is 2.37. The molecule has 1 saturated heterocycles. The van der Waals surface area contributed by atoms with Gasteiger partial charge in [0.05, 0.1) is 5.69 Å². The summed E-state index contributed by atoms with van der Waals surface area (Å²) in [5, 5.41) is 2.79. The van der Waals surface area contributed by atoms with Gasteiger partial charge in [-0.25, -0.2) is 4.98 Å². The second kappa shape index (κ2) is 6.92. The summed E-state index contributed by atoms with van der Waals surface area (Å²) >= 11 is 1.54. The van der Waals surface area contributed by atoms with Crippen LogP contribution in [-0.2, 0) is 16.1 Å². The van der Waals surface area contributed by atoms with E-state index >= 15 is 0 Å². The van der Waals surface area contributed by atoms with Crippen LogP contribution in [0.1, 0.15) is 31.2 Å². The van der Waals surface area contributed by atoms with E-state index in [9.17, 15) is 9.59 Å². The minimum Gasteiger partial charge on any atom is -0.330 e. The van der Waals surface area contributed by atoms with Crippen LogP contribution in [0.2, 0.25) is 0 Å². The van der Waals surface area contributed by atoms with Crippen LogP contribution in [0.25, 0.3) is 10.7 Å². The minimum atomic E-state index is -0.387. The Labute approximate surface area is 150 Å². The summed E-state index contributed by atoms with van der Waals surface area (Å²) in [5.74, 6) is -0.729. The van der Waals surface area contributed by atoms with E-state index in [2.05, 4.69) is 9.97 Å². The molecule has 0 radical (unpaired) electrons. The predicted octanol–water partition coefficient (Wildman–Crippen LogP) is 2.32. The van der Waals surface area contributed by atoms with Crippen molar-refractivity contribution in [1.29, 1.82) is 0 Å². The van der Waals surface area contributed by atoms with Crippen LogP contribution in [0, 0.1) is 0 Å². The van der Waals surface area contributed by atoms with Gasteiger partial charge in [0.25, 0.3) is 0 Å². The van der Waals surface area contributed by atoms with Crippen LogP contribution in [0.3, 0.4) is 0 Å². The Bertz CT molecular complexity index is 754. The fraction of sp³-hybridized carbons (Fsp3) is 0.444. The lowest BCUT2D eigenvalue weighted by Gasteiger charge is -2.37. The summed E-state index contributed by atoms with van der Waals surface area (Å²) in [6.45, 7) is 1.66. The molecule has 7 heteroatoms. The molecule has 0 spiro atoms. The molecular weight excluding hydrogens is 336 g/mol. The van der Waals surface area contributed by atoms with Crippen LogP contribution in [0.5, 0.6) is 0 Å². The number of aromatic nitrogens is 2. The molecule has 0 bridgehead atoms. The summed E-state index contributed by atoms with van der Waals surface area (Å²) in [5.41, 5.74) is 1.75. The Morgan fingerprint density at radius 3 is 2.60 bits per heavy atom. The molecule has 1 aliphatic carbocycles. The van der Waals surface area contributed by atoms with E-state index in [4.69, 9.17) is 0 Å². The Kier molecular flexibility index (Phi) is 4.48. The molecule has 0 atom stereocenters. The lowest BCUT2D eigenvalue weighted by atomic mass is 10.1. The van der Waals surface area contributed by atoms with Crippen LogP contribution in [-0.4, -0.2) is 50.7 Å². The average Bonchev–Trinajstić information content (AvgIpc) is 3.33. The molecule has 2 fully saturated rings. The first-order chi connectivity index (χ1) is 12.2. The van der Waals surface area contributed by atoms with Gasteiger partial charge in [-0.15, -0.1) is 11.3 Å². The number of piperazine rings is 1. The molecule has 2 aromatic heterocycles. The number of hydrogen-bond donors (Lipinski definition) is 0. The Balaban J connectivity index is 1.41. The lowest BCUT2D eigenvalue weighted by Crippen LogP contribution is -2.56. The number of carbonyl (C=O) groups excluding carboxylic acids is 2. The zero-order valence-corrected chi connectivity index (χ0v) is 14.7. The number of hydrogen-bond acceptors (Lipinski definition) is 5. The third kappa shape index (κ3) is 3.28. The lowest BCUT2D eigenvalue weighted by molar-refractivity contribution is -0.158. The molecule has 130 valence electrons. The van der Waals surface area contributed by atoms with Gasteiger partial charge in [0.1, 0.15) is 5.01 Å². The van der Waals surface area contributed by atoms with Crippen LogP contribution in [0.4, 0.5) is 0 Å². The molecule has 2 aromatic rings. The first kappa shape index (κ1) is 16.2. The van der Waals surface area contributed by atoms with E-state index in [1.54, 1.807) is 33.5 Å². The molecule has 1 saturated carbocycles. The SMILES string of the molecule is O=C1C(=O)N(C2CCCC2)CCN1Cc1ccc(-c2nccs2)nc1. The number of nitrogens with zero attached hydrogens (tertiary/aromatic N) is 4. The van der Waals surface area contributed by atoms with Gasteiger partial charge in [0, 0.05) is 43.4 Å². The molecule has 0 aromatic carbocycles. The molecule has 0 N–H and O–H groups in total. The second-order valence-corrected chi connectivity index (χ2v) is 7.45. The zero-order chi connectivity index (χ0) is 17.2. The highest BCUT2D eigenvalue weighted by molar-refractivity contribution is 7.13. The largest absolute Gasteiger partial charge is 0.330 e. The minimum absolute atomic E-state index is 0.262. The summed E-state index contributed by atoms with van der Waals surface area (Å²) in [6, 6.07) is 4.12. The van der Waals surface area contributed by atoms with E-state index < -0.39 is 0 Å². The van der Waals surface area contributed by atoms with Crippen LogP contribution >= 0.6 is 11.3 Å². The van der Waals surface area contributed by atoms with Gasteiger partial charge >= 0.3 is 11.8 Å². The number of thiazole rings is 1. The van der Waals surface area contributed by atoms with Crippen molar-refractivity contribution in [3.63, 3.8) is 0 Å². The van der Waals surface area contributed by atoms with Gasteiger partial charge < -0.3 is 9.80 Å². The van der Waals surface area contributed by atoms with Crippen molar-refractivity contribution >= 4 is 23.2 Å².